The first kappa shape index (κ1) is 47.8. The van der Waals surface area contributed by atoms with Crippen molar-refractivity contribution in [2.45, 2.75) is 52.9 Å². The molecule has 0 unspecified atom stereocenters. The van der Waals surface area contributed by atoms with Crippen LogP contribution in [-0.4, -0.2) is 53.6 Å². The topological polar surface area (TPSA) is 119 Å². The number of rotatable bonds is 8. The Morgan fingerprint density at radius 1 is 0.500 bits per heavy atom. The van der Waals surface area contributed by atoms with E-state index in [4.69, 9.17) is 10.5 Å². The molecule has 4 rings (SSSR count). The molecule has 0 bridgehead atoms. The zero-order chi connectivity index (χ0) is 32.3. The Bertz CT molecular complexity index is 1010. The maximum Gasteiger partial charge on any atom is 1.00 e. The Morgan fingerprint density at radius 3 is 0.773 bits per heavy atom. The fourth-order valence-corrected chi connectivity index (χ4v) is 2.52. The van der Waals surface area contributed by atoms with Crippen LogP contribution in [0.25, 0.3) is 0 Å². The maximum atomic E-state index is 9.75. The molecule has 0 aliphatic heterocycles. The average Bonchev–Trinajstić information content (AvgIpc) is 3.68. The minimum atomic E-state index is -6.00. The largest absolute Gasteiger partial charge is 1.00 e. The van der Waals surface area contributed by atoms with Gasteiger partial charge in [-0.05, 0) is 37.1 Å². The molecule has 4 aromatic rings. The monoisotopic (exact) mass is 822 g/mol. The first-order valence-corrected chi connectivity index (χ1v) is 12.0. The van der Waals surface area contributed by atoms with E-state index in [1.54, 1.807) is 36.9 Å². The molecule has 22 heteroatoms. The summed E-state index contributed by atoms with van der Waals surface area (Å²) >= 11 is 0. The van der Waals surface area contributed by atoms with Crippen molar-refractivity contribution >= 4 is 14.5 Å². The summed E-state index contributed by atoms with van der Waals surface area (Å²) in [7, 11) is -12.0. The molecule has 0 aliphatic carbocycles. The van der Waals surface area contributed by atoms with Crippen molar-refractivity contribution < 1.29 is 79.3 Å². The molecular weight excluding hydrogens is 794 g/mol. The van der Waals surface area contributed by atoms with E-state index in [2.05, 4.69) is 20.4 Å². The van der Waals surface area contributed by atoms with Crippen LogP contribution >= 0.6 is 0 Å². The molecule has 0 aromatic carbocycles. The number of hydrogen-bond acceptors (Lipinski definition) is 6. The second kappa shape index (κ2) is 29.9. The van der Waals surface area contributed by atoms with Gasteiger partial charge in [-0.1, -0.05) is 0 Å². The summed E-state index contributed by atoms with van der Waals surface area (Å²) in [5, 5.41) is 31.1. The summed E-state index contributed by atoms with van der Waals surface area (Å²) in [6, 6.07) is 11.3. The van der Waals surface area contributed by atoms with Crippen molar-refractivity contribution in [3.05, 3.63) is 73.8 Å². The van der Waals surface area contributed by atoms with Gasteiger partial charge in [0.05, 0.1) is 12.1 Å². The molecular formula is C22H30Ag2B2F8N10. The third-order valence-electron chi connectivity index (χ3n) is 3.79. The molecule has 0 saturated carbocycles. The molecule has 0 radical (unpaired) electrons. The number of aromatic nitrogens is 8. The number of halogens is 8. The quantitative estimate of drug-likeness (QED) is 0.159. The van der Waals surface area contributed by atoms with Crippen LogP contribution in [-0.2, 0) is 70.9 Å². The molecule has 0 saturated heterocycles. The van der Waals surface area contributed by atoms with E-state index >= 15 is 0 Å². The Hall–Kier alpha value is -3.13. The second-order valence-corrected chi connectivity index (χ2v) is 7.22. The molecule has 0 amide bonds. The molecule has 0 spiro atoms. The van der Waals surface area contributed by atoms with Crippen molar-refractivity contribution in [3.8, 4) is 12.1 Å². The van der Waals surface area contributed by atoms with Crippen LogP contribution in [0.5, 0.6) is 0 Å². The minimum Gasteiger partial charge on any atom is -0.418 e. The van der Waals surface area contributed by atoms with Gasteiger partial charge in [-0.2, -0.15) is 30.9 Å². The van der Waals surface area contributed by atoms with E-state index in [1.165, 1.54) is 13.8 Å². The van der Waals surface area contributed by atoms with Gasteiger partial charge in [0.2, 0.25) is 0 Å². The van der Waals surface area contributed by atoms with Crippen molar-refractivity contribution in [3.63, 3.8) is 0 Å². The summed E-state index contributed by atoms with van der Waals surface area (Å²) in [6.45, 7) is 6.67. The van der Waals surface area contributed by atoms with Gasteiger partial charge in [0.25, 0.3) is 0 Å². The zero-order valence-corrected chi connectivity index (χ0v) is 26.4. The van der Waals surface area contributed by atoms with Crippen LogP contribution in [0.2, 0.25) is 0 Å². The van der Waals surface area contributed by atoms with Gasteiger partial charge in [0.15, 0.2) is 0 Å². The van der Waals surface area contributed by atoms with Crippen LogP contribution in [0, 0.1) is 22.7 Å². The second-order valence-electron chi connectivity index (χ2n) is 7.22. The van der Waals surface area contributed by atoms with Crippen LogP contribution in [0.1, 0.15) is 26.7 Å². The molecule has 44 heavy (non-hydrogen) atoms. The van der Waals surface area contributed by atoms with E-state index in [0.29, 0.717) is 0 Å². The molecule has 4 heterocycles. The number of hydrogen-bond donors (Lipinski definition) is 0. The van der Waals surface area contributed by atoms with Gasteiger partial charge in [-0.3, -0.25) is 18.7 Å². The molecule has 0 aliphatic rings. The smallest absolute Gasteiger partial charge is 0.418 e. The standard InChI is InChI=1S/2C9H12N4.2C2H3N.2Ag.2BF4/c2*1-4-10-12(6-1)8-3-9-13-7-2-5-11-13;2*1-2-3;;;2*2-1(3,4)5/h2*1-2,4-7H,3,8-9H2;2*1H3;;;;/q;;;;2*+1;2*-1. The van der Waals surface area contributed by atoms with E-state index in [9.17, 15) is 34.5 Å². The zero-order valence-electron chi connectivity index (χ0n) is 23.4. The Labute approximate surface area is 281 Å². The Balaban J connectivity index is -0.000000241. The molecule has 10 nitrogen and oxygen atoms in total. The normalized spacial score (nSPS) is 9.27. The summed E-state index contributed by atoms with van der Waals surface area (Å²) in [5.41, 5.74) is 0. The fourth-order valence-electron chi connectivity index (χ4n) is 2.52. The van der Waals surface area contributed by atoms with Crippen molar-refractivity contribution in [2.24, 2.45) is 0 Å². The predicted octanol–water partition coefficient (Wildman–Crippen LogP) is 5.99. The van der Waals surface area contributed by atoms with Gasteiger partial charge in [-0.25, -0.2) is 0 Å². The predicted molar refractivity (Wildman–Crippen MR) is 141 cm³/mol. The first-order chi connectivity index (χ1) is 19.7. The maximum absolute atomic E-state index is 9.75. The van der Waals surface area contributed by atoms with Gasteiger partial charge in [0.1, 0.15) is 0 Å². The van der Waals surface area contributed by atoms with E-state index in [-0.39, 0.29) is 44.8 Å². The fraction of sp³-hybridized carbons (Fsp3) is 0.364. The van der Waals surface area contributed by atoms with Crippen LogP contribution in [0.4, 0.5) is 34.5 Å². The number of nitrogens with zero attached hydrogens (tertiary/aromatic N) is 10. The number of nitriles is 2. The number of aryl methyl sites for hydroxylation is 4. The van der Waals surface area contributed by atoms with E-state index in [0.717, 1.165) is 39.0 Å². The third kappa shape index (κ3) is 41.0. The SMILES string of the molecule is CC#N.CC#N.F[B-](F)(F)F.F[B-](F)(F)F.[Ag+].[Ag+].c1cnn(CCCn2cccn2)c1.c1cnn(CCCn2cccn2)c1. The van der Waals surface area contributed by atoms with Gasteiger partial charge < -0.3 is 34.5 Å². The van der Waals surface area contributed by atoms with Crippen molar-refractivity contribution in [2.75, 3.05) is 0 Å². The molecule has 0 fully saturated rings. The van der Waals surface area contributed by atoms with Crippen LogP contribution < -0.4 is 0 Å². The summed E-state index contributed by atoms with van der Waals surface area (Å²) in [6.07, 6.45) is 17.2. The van der Waals surface area contributed by atoms with Gasteiger partial charge in [-0.15, -0.1) is 0 Å². The van der Waals surface area contributed by atoms with Gasteiger partial charge >= 0.3 is 59.3 Å². The van der Waals surface area contributed by atoms with Crippen LogP contribution in [0.3, 0.4) is 0 Å². The van der Waals surface area contributed by atoms with Crippen molar-refractivity contribution in [1.82, 2.24) is 39.1 Å². The molecule has 0 N–H and O–H groups in total. The molecule has 4 aromatic heterocycles. The summed E-state index contributed by atoms with van der Waals surface area (Å²) < 4.78 is 85.7. The van der Waals surface area contributed by atoms with Crippen molar-refractivity contribution in [1.29, 1.82) is 10.5 Å². The van der Waals surface area contributed by atoms with Gasteiger partial charge in [0, 0.05) is 89.6 Å². The first-order valence-electron chi connectivity index (χ1n) is 12.0. The van der Waals surface area contributed by atoms with E-state index < -0.39 is 14.5 Å². The summed E-state index contributed by atoms with van der Waals surface area (Å²) in [5.74, 6) is 0. The van der Waals surface area contributed by atoms with E-state index in [1.807, 2.05) is 67.8 Å². The Morgan fingerprint density at radius 2 is 0.659 bits per heavy atom. The van der Waals surface area contributed by atoms with Crippen LogP contribution in [0.15, 0.2) is 73.8 Å². The summed E-state index contributed by atoms with van der Waals surface area (Å²) in [4.78, 5) is 0. The Kier molecular flexibility index (Phi) is 32.5. The molecule has 0 atom stereocenters. The third-order valence-corrected chi connectivity index (χ3v) is 3.79. The minimum absolute atomic E-state index is 0. The average molecular weight is 824 g/mol. The molecule has 252 valence electrons.